The number of esters is 1. The molecule has 0 aliphatic carbocycles. The van der Waals surface area contributed by atoms with Crippen LogP contribution in [0.25, 0.3) is 0 Å². The molecule has 1 atom stereocenters. The number of aryl methyl sites for hydroxylation is 2. The molecular weight excluding hydrogens is 274 g/mol. The van der Waals surface area contributed by atoms with E-state index in [0.29, 0.717) is 11.5 Å². The maximum Gasteiger partial charge on any atom is 0.328 e. The molecule has 112 valence electrons. The number of ether oxygens (including phenoxy) is 1. The number of hydrogen-bond acceptors (Lipinski definition) is 4. The maximum atomic E-state index is 12.1. The van der Waals surface area contributed by atoms with Gasteiger partial charge in [0.15, 0.2) is 0 Å². The van der Waals surface area contributed by atoms with E-state index in [2.05, 4.69) is 12.2 Å². The van der Waals surface area contributed by atoms with Gasteiger partial charge in [0, 0.05) is 4.88 Å². The van der Waals surface area contributed by atoms with Crippen LogP contribution >= 0.6 is 11.3 Å². The molecule has 0 aliphatic heterocycles. The summed E-state index contributed by atoms with van der Waals surface area (Å²) in [5.74, 6) is -0.589. The Kier molecular flexibility index (Phi) is 6.71. The van der Waals surface area contributed by atoms with Gasteiger partial charge in [-0.3, -0.25) is 4.79 Å². The van der Waals surface area contributed by atoms with Crippen molar-refractivity contribution in [3.05, 3.63) is 21.4 Å². The molecule has 0 radical (unpaired) electrons. The summed E-state index contributed by atoms with van der Waals surface area (Å²) < 4.78 is 5.08. The van der Waals surface area contributed by atoms with Crippen LogP contribution in [0.1, 0.15) is 53.7 Å². The standard InChI is InChI=1S/C15H23NO3S/c1-5-7-8-19-15(18)10(3)16-14(17)13-9-12(6-2)11(4)20-13/h9-10H,5-8H2,1-4H3,(H,16,17)/t10-/m1/s1. The average Bonchev–Trinajstić information content (AvgIpc) is 2.80. The molecule has 0 spiro atoms. The highest BCUT2D eigenvalue weighted by atomic mass is 32.1. The van der Waals surface area contributed by atoms with Crippen LogP contribution in [0, 0.1) is 6.92 Å². The average molecular weight is 297 g/mol. The first-order chi connectivity index (χ1) is 9.49. The lowest BCUT2D eigenvalue weighted by Gasteiger charge is -2.12. The summed E-state index contributed by atoms with van der Waals surface area (Å²) in [6, 6.07) is 1.27. The molecule has 1 aromatic heterocycles. The third-order valence-electron chi connectivity index (χ3n) is 3.07. The van der Waals surface area contributed by atoms with Crippen molar-refractivity contribution in [3.63, 3.8) is 0 Å². The zero-order chi connectivity index (χ0) is 15.1. The van der Waals surface area contributed by atoms with Crippen LogP contribution in [-0.4, -0.2) is 24.5 Å². The molecule has 0 saturated heterocycles. The van der Waals surface area contributed by atoms with E-state index in [1.807, 2.05) is 19.9 Å². The van der Waals surface area contributed by atoms with Gasteiger partial charge in [-0.1, -0.05) is 20.3 Å². The zero-order valence-electron chi connectivity index (χ0n) is 12.6. The molecular formula is C15H23NO3S. The minimum Gasteiger partial charge on any atom is -0.464 e. The van der Waals surface area contributed by atoms with Gasteiger partial charge in [0.25, 0.3) is 5.91 Å². The highest BCUT2D eigenvalue weighted by Gasteiger charge is 2.19. The van der Waals surface area contributed by atoms with Crippen LogP contribution in [-0.2, 0) is 16.0 Å². The van der Waals surface area contributed by atoms with Crippen molar-refractivity contribution in [1.82, 2.24) is 5.32 Å². The van der Waals surface area contributed by atoms with Crippen LogP contribution in [0.15, 0.2) is 6.07 Å². The molecule has 0 bridgehead atoms. The van der Waals surface area contributed by atoms with E-state index >= 15 is 0 Å². The summed E-state index contributed by atoms with van der Waals surface area (Å²) in [5, 5.41) is 2.68. The summed E-state index contributed by atoms with van der Waals surface area (Å²) in [4.78, 5) is 25.5. The Bertz CT molecular complexity index is 468. The van der Waals surface area contributed by atoms with Crippen LogP contribution in [0.5, 0.6) is 0 Å². The first-order valence-corrected chi connectivity index (χ1v) is 7.88. The van der Waals surface area contributed by atoms with Gasteiger partial charge in [0.05, 0.1) is 11.5 Å². The predicted octanol–water partition coefficient (Wildman–Crippen LogP) is 3.08. The Labute approximate surface area is 124 Å². The Morgan fingerprint density at radius 2 is 2.10 bits per heavy atom. The second kappa shape index (κ2) is 8.04. The lowest BCUT2D eigenvalue weighted by atomic mass is 10.2. The van der Waals surface area contributed by atoms with Crippen molar-refractivity contribution >= 4 is 23.2 Å². The van der Waals surface area contributed by atoms with Gasteiger partial charge in [0.2, 0.25) is 0 Å². The molecule has 0 aromatic carbocycles. The number of nitrogens with one attached hydrogen (secondary N) is 1. The van der Waals surface area contributed by atoms with Crippen molar-refractivity contribution in [2.45, 2.75) is 53.0 Å². The highest BCUT2D eigenvalue weighted by Crippen LogP contribution is 2.21. The van der Waals surface area contributed by atoms with E-state index in [-0.39, 0.29) is 11.9 Å². The van der Waals surface area contributed by atoms with Crippen molar-refractivity contribution in [2.75, 3.05) is 6.61 Å². The first-order valence-electron chi connectivity index (χ1n) is 7.06. The molecule has 0 saturated carbocycles. The fourth-order valence-corrected chi connectivity index (χ4v) is 2.77. The molecule has 1 aromatic rings. The predicted molar refractivity (Wildman–Crippen MR) is 81.2 cm³/mol. The number of carbonyl (C=O) groups excluding carboxylic acids is 2. The van der Waals surface area contributed by atoms with Gasteiger partial charge >= 0.3 is 5.97 Å². The Morgan fingerprint density at radius 3 is 2.65 bits per heavy atom. The Morgan fingerprint density at radius 1 is 1.40 bits per heavy atom. The number of thiophene rings is 1. The first kappa shape index (κ1) is 16.7. The minimum atomic E-state index is -0.619. The third-order valence-corrected chi connectivity index (χ3v) is 4.16. The fourth-order valence-electron chi connectivity index (χ4n) is 1.75. The maximum absolute atomic E-state index is 12.1. The van der Waals surface area contributed by atoms with Crippen LogP contribution in [0.3, 0.4) is 0 Å². The molecule has 0 unspecified atom stereocenters. The second-order valence-corrected chi connectivity index (χ2v) is 6.02. The van der Waals surface area contributed by atoms with E-state index < -0.39 is 6.04 Å². The van der Waals surface area contributed by atoms with Gasteiger partial charge in [-0.2, -0.15) is 0 Å². The summed E-state index contributed by atoms with van der Waals surface area (Å²) in [5.41, 5.74) is 1.18. The number of unbranched alkanes of at least 4 members (excludes halogenated alkanes) is 1. The minimum absolute atomic E-state index is 0.210. The number of rotatable bonds is 7. The van der Waals surface area contributed by atoms with Gasteiger partial charge < -0.3 is 10.1 Å². The molecule has 1 rings (SSSR count). The fraction of sp³-hybridized carbons (Fsp3) is 0.600. The Hall–Kier alpha value is -1.36. The topological polar surface area (TPSA) is 55.4 Å². The van der Waals surface area contributed by atoms with Gasteiger partial charge in [-0.05, 0) is 38.3 Å². The highest BCUT2D eigenvalue weighted by molar-refractivity contribution is 7.14. The van der Waals surface area contributed by atoms with Gasteiger partial charge in [-0.25, -0.2) is 4.79 Å². The van der Waals surface area contributed by atoms with Gasteiger partial charge in [-0.15, -0.1) is 11.3 Å². The summed E-state index contributed by atoms with van der Waals surface area (Å²) in [6.07, 6.45) is 2.73. The number of carbonyl (C=O) groups is 2. The van der Waals surface area contributed by atoms with Crippen molar-refractivity contribution in [1.29, 1.82) is 0 Å². The molecule has 1 amide bonds. The van der Waals surface area contributed by atoms with E-state index in [4.69, 9.17) is 4.74 Å². The van der Waals surface area contributed by atoms with E-state index in [9.17, 15) is 9.59 Å². The van der Waals surface area contributed by atoms with Crippen molar-refractivity contribution < 1.29 is 14.3 Å². The van der Waals surface area contributed by atoms with Crippen LogP contribution < -0.4 is 5.32 Å². The van der Waals surface area contributed by atoms with E-state index in [0.717, 1.165) is 24.1 Å². The largest absolute Gasteiger partial charge is 0.464 e. The summed E-state index contributed by atoms with van der Waals surface area (Å²) in [7, 11) is 0. The normalized spacial score (nSPS) is 12.0. The third kappa shape index (κ3) is 4.63. The lowest BCUT2D eigenvalue weighted by Crippen LogP contribution is -2.39. The van der Waals surface area contributed by atoms with Crippen LogP contribution in [0.2, 0.25) is 0 Å². The number of amides is 1. The molecule has 0 fully saturated rings. The number of hydrogen-bond donors (Lipinski definition) is 1. The van der Waals surface area contributed by atoms with E-state index in [1.54, 1.807) is 6.92 Å². The lowest BCUT2D eigenvalue weighted by molar-refractivity contribution is -0.145. The van der Waals surface area contributed by atoms with Gasteiger partial charge in [0.1, 0.15) is 6.04 Å². The van der Waals surface area contributed by atoms with Crippen molar-refractivity contribution in [2.24, 2.45) is 0 Å². The molecule has 1 N–H and O–H groups in total. The van der Waals surface area contributed by atoms with E-state index in [1.165, 1.54) is 16.9 Å². The summed E-state index contributed by atoms with van der Waals surface area (Å²) >= 11 is 1.46. The smallest absolute Gasteiger partial charge is 0.328 e. The quantitative estimate of drug-likeness (QED) is 0.621. The summed E-state index contributed by atoms with van der Waals surface area (Å²) in [6.45, 7) is 8.15. The molecule has 0 aliphatic rings. The molecule has 20 heavy (non-hydrogen) atoms. The second-order valence-electron chi connectivity index (χ2n) is 4.76. The Balaban J connectivity index is 2.54. The van der Waals surface area contributed by atoms with Crippen LogP contribution in [0.4, 0.5) is 0 Å². The zero-order valence-corrected chi connectivity index (χ0v) is 13.4. The molecule has 4 nitrogen and oxygen atoms in total. The van der Waals surface area contributed by atoms with Crippen molar-refractivity contribution in [3.8, 4) is 0 Å². The molecule has 5 heteroatoms. The monoisotopic (exact) mass is 297 g/mol. The molecule has 1 heterocycles. The SMILES string of the molecule is CCCCOC(=O)[C@@H](C)NC(=O)c1cc(CC)c(C)s1.